The topological polar surface area (TPSA) is 58.4 Å². The second-order valence-electron chi connectivity index (χ2n) is 6.84. The Bertz CT molecular complexity index is 801. The summed E-state index contributed by atoms with van der Waals surface area (Å²) >= 11 is 5.96. The molecule has 5 heteroatoms. The van der Waals surface area contributed by atoms with E-state index in [0.29, 0.717) is 17.8 Å². The number of nitrogens with one attached hydrogen (secondary N) is 1. The average Bonchev–Trinajstić information content (AvgIpc) is 2.69. The summed E-state index contributed by atoms with van der Waals surface area (Å²) in [5.41, 5.74) is 9.56. The fourth-order valence-corrected chi connectivity index (χ4v) is 3.43. The van der Waals surface area contributed by atoms with E-state index >= 15 is 0 Å². The Balaban J connectivity index is 1.35. The molecule has 0 atom stereocenters. The molecule has 0 spiro atoms. The van der Waals surface area contributed by atoms with Gasteiger partial charge in [-0.05, 0) is 61.2 Å². The highest BCUT2D eigenvalue weighted by Gasteiger charge is 2.13. The molecule has 0 unspecified atom stereocenters. The van der Waals surface area contributed by atoms with E-state index in [1.54, 1.807) is 12.1 Å². The molecule has 0 bridgehead atoms. The van der Waals surface area contributed by atoms with Crippen molar-refractivity contribution in [3.63, 3.8) is 0 Å². The largest absolute Gasteiger partial charge is 0.398 e. The number of halogens is 1. The lowest BCUT2D eigenvalue weighted by Crippen LogP contribution is -2.30. The van der Waals surface area contributed by atoms with E-state index in [-0.39, 0.29) is 5.91 Å². The summed E-state index contributed by atoms with van der Waals surface area (Å²) in [6.45, 7) is 3.77. The Morgan fingerprint density at radius 1 is 1.11 bits per heavy atom. The van der Waals surface area contributed by atoms with E-state index in [1.165, 1.54) is 11.1 Å². The normalized spacial score (nSPS) is 14.6. The van der Waals surface area contributed by atoms with Gasteiger partial charge in [0, 0.05) is 30.3 Å². The van der Waals surface area contributed by atoms with E-state index in [9.17, 15) is 4.79 Å². The predicted molar refractivity (Wildman–Crippen MR) is 113 cm³/mol. The van der Waals surface area contributed by atoms with Crippen LogP contribution in [-0.2, 0) is 0 Å². The molecule has 0 radical (unpaired) electrons. The van der Waals surface area contributed by atoms with E-state index in [0.717, 1.165) is 43.9 Å². The molecule has 2 aromatic carbocycles. The maximum Gasteiger partial charge on any atom is 0.253 e. The Morgan fingerprint density at radius 2 is 1.89 bits per heavy atom. The number of nitrogens with zero attached hydrogens (tertiary/aromatic N) is 1. The van der Waals surface area contributed by atoms with Crippen LogP contribution in [0.3, 0.4) is 0 Å². The van der Waals surface area contributed by atoms with Gasteiger partial charge in [0.15, 0.2) is 0 Å². The van der Waals surface area contributed by atoms with Crippen molar-refractivity contribution in [2.24, 2.45) is 0 Å². The highest BCUT2D eigenvalue weighted by atomic mass is 35.5. The van der Waals surface area contributed by atoms with Gasteiger partial charge >= 0.3 is 0 Å². The Morgan fingerprint density at radius 3 is 2.59 bits per heavy atom. The van der Waals surface area contributed by atoms with E-state index < -0.39 is 0 Å². The SMILES string of the molecule is Nc1ccccc1C(=O)NCCCCN1CC=C(c2ccc(Cl)cc2)CC1. The number of rotatable bonds is 7. The van der Waals surface area contributed by atoms with Gasteiger partial charge in [0.2, 0.25) is 0 Å². The molecule has 0 aliphatic carbocycles. The average molecular weight is 384 g/mol. The monoisotopic (exact) mass is 383 g/mol. The predicted octanol–water partition coefficient (Wildman–Crippen LogP) is 4.22. The van der Waals surface area contributed by atoms with Gasteiger partial charge in [-0.2, -0.15) is 0 Å². The van der Waals surface area contributed by atoms with Crippen molar-refractivity contribution in [2.45, 2.75) is 19.3 Å². The maximum atomic E-state index is 12.1. The van der Waals surface area contributed by atoms with Crippen LogP contribution in [0.25, 0.3) is 5.57 Å². The second kappa shape index (κ2) is 9.58. The molecule has 3 N–H and O–H groups in total. The number of nitrogens with two attached hydrogens (primary N) is 1. The van der Waals surface area contributed by atoms with Gasteiger partial charge < -0.3 is 11.1 Å². The molecule has 142 valence electrons. The van der Waals surface area contributed by atoms with Crippen LogP contribution in [0.2, 0.25) is 5.02 Å². The van der Waals surface area contributed by atoms with Crippen molar-refractivity contribution in [1.29, 1.82) is 0 Å². The number of anilines is 1. The van der Waals surface area contributed by atoms with Gasteiger partial charge in [0.05, 0.1) is 5.56 Å². The minimum absolute atomic E-state index is 0.0957. The lowest BCUT2D eigenvalue weighted by molar-refractivity contribution is 0.0953. The number of hydrogen-bond acceptors (Lipinski definition) is 3. The lowest BCUT2D eigenvalue weighted by Gasteiger charge is -2.26. The van der Waals surface area contributed by atoms with Gasteiger partial charge in [-0.1, -0.05) is 41.9 Å². The number of benzene rings is 2. The van der Waals surface area contributed by atoms with Crippen molar-refractivity contribution in [3.05, 3.63) is 70.8 Å². The molecule has 1 aliphatic heterocycles. The number of unbranched alkanes of at least 4 members (excludes halogenated alkanes) is 1. The number of hydrogen-bond donors (Lipinski definition) is 2. The number of nitrogen functional groups attached to an aromatic ring is 1. The molecule has 0 aromatic heterocycles. The molecular formula is C22H26ClN3O. The number of para-hydroxylation sites is 1. The van der Waals surface area contributed by atoms with Gasteiger partial charge in [-0.3, -0.25) is 9.69 Å². The fourth-order valence-electron chi connectivity index (χ4n) is 3.30. The van der Waals surface area contributed by atoms with Crippen LogP contribution >= 0.6 is 11.6 Å². The molecule has 0 saturated carbocycles. The summed E-state index contributed by atoms with van der Waals surface area (Å²) in [5, 5.41) is 3.73. The van der Waals surface area contributed by atoms with Crippen LogP contribution in [0.1, 0.15) is 35.2 Å². The molecule has 1 aliphatic rings. The molecule has 27 heavy (non-hydrogen) atoms. The van der Waals surface area contributed by atoms with Crippen LogP contribution < -0.4 is 11.1 Å². The van der Waals surface area contributed by atoms with Crippen molar-refractivity contribution in [1.82, 2.24) is 10.2 Å². The van der Waals surface area contributed by atoms with Crippen LogP contribution in [-0.4, -0.2) is 37.0 Å². The molecule has 4 nitrogen and oxygen atoms in total. The molecular weight excluding hydrogens is 358 g/mol. The summed E-state index contributed by atoms with van der Waals surface area (Å²) < 4.78 is 0. The van der Waals surface area contributed by atoms with Crippen molar-refractivity contribution in [3.8, 4) is 0 Å². The highest BCUT2D eigenvalue weighted by molar-refractivity contribution is 6.30. The van der Waals surface area contributed by atoms with Crippen molar-refractivity contribution < 1.29 is 4.79 Å². The fraction of sp³-hybridized carbons (Fsp3) is 0.318. The first-order chi connectivity index (χ1) is 13.1. The minimum Gasteiger partial charge on any atom is -0.398 e. The summed E-state index contributed by atoms with van der Waals surface area (Å²) in [6, 6.07) is 15.2. The molecule has 3 rings (SSSR count). The zero-order valence-corrected chi connectivity index (χ0v) is 16.2. The van der Waals surface area contributed by atoms with E-state index in [2.05, 4.69) is 28.4 Å². The van der Waals surface area contributed by atoms with Gasteiger partial charge in [0.1, 0.15) is 0 Å². The Kier molecular flexibility index (Phi) is 6.91. The van der Waals surface area contributed by atoms with Crippen molar-refractivity contribution in [2.75, 3.05) is 31.9 Å². The minimum atomic E-state index is -0.0957. The first-order valence-electron chi connectivity index (χ1n) is 9.43. The summed E-state index contributed by atoms with van der Waals surface area (Å²) in [4.78, 5) is 14.6. The highest BCUT2D eigenvalue weighted by Crippen LogP contribution is 2.23. The van der Waals surface area contributed by atoms with E-state index in [1.807, 2.05) is 24.3 Å². The Hall–Kier alpha value is -2.30. The first-order valence-corrected chi connectivity index (χ1v) is 9.81. The number of amides is 1. The lowest BCUT2D eigenvalue weighted by atomic mass is 9.99. The van der Waals surface area contributed by atoms with Crippen LogP contribution in [0.5, 0.6) is 0 Å². The molecule has 0 fully saturated rings. The molecule has 1 heterocycles. The zero-order valence-electron chi connectivity index (χ0n) is 15.5. The van der Waals surface area contributed by atoms with E-state index in [4.69, 9.17) is 17.3 Å². The van der Waals surface area contributed by atoms with Crippen LogP contribution in [0.4, 0.5) is 5.69 Å². The molecule has 2 aromatic rings. The Labute approximate surface area is 166 Å². The van der Waals surface area contributed by atoms with Crippen LogP contribution in [0, 0.1) is 0 Å². The summed E-state index contributed by atoms with van der Waals surface area (Å²) in [5.74, 6) is -0.0957. The second-order valence-corrected chi connectivity index (χ2v) is 7.27. The van der Waals surface area contributed by atoms with Gasteiger partial charge in [0.25, 0.3) is 5.91 Å². The van der Waals surface area contributed by atoms with Crippen LogP contribution in [0.15, 0.2) is 54.6 Å². The maximum absolute atomic E-state index is 12.1. The third kappa shape index (κ3) is 5.59. The summed E-state index contributed by atoms with van der Waals surface area (Å²) in [6.07, 6.45) is 5.40. The standard InChI is InChI=1S/C22H26ClN3O/c23-19-9-7-17(8-10-19)18-11-15-26(16-12-18)14-4-3-13-25-22(27)20-5-1-2-6-21(20)24/h1-2,5-11H,3-4,12-16,24H2,(H,25,27). The molecule has 1 amide bonds. The zero-order chi connectivity index (χ0) is 19.1. The smallest absolute Gasteiger partial charge is 0.253 e. The van der Waals surface area contributed by atoms with Gasteiger partial charge in [-0.25, -0.2) is 0 Å². The third-order valence-corrected chi connectivity index (χ3v) is 5.15. The third-order valence-electron chi connectivity index (χ3n) is 4.90. The number of carbonyl (C=O) groups excluding carboxylic acids is 1. The summed E-state index contributed by atoms with van der Waals surface area (Å²) in [7, 11) is 0. The first kappa shape index (κ1) is 19.5. The van der Waals surface area contributed by atoms with Crippen molar-refractivity contribution >= 4 is 28.8 Å². The quantitative estimate of drug-likeness (QED) is 0.556. The van der Waals surface area contributed by atoms with Gasteiger partial charge in [-0.15, -0.1) is 0 Å². The molecule has 0 saturated heterocycles. The number of carbonyl (C=O) groups is 1.